The summed E-state index contributed by atoms with van der Waals surface area (Å²) in [5.74, 6) is 1.69. The van der Waals surface area contributed by atoms with E-state index < -0.39 is 17.3 Å². The number of oxazole rings is 1. The van der Waals surface area contributed by atoms with Gasteiger partial charge < -0.3 is 19.7 Å². The Hall–Kier alpha value is -3.00. The number of halogens is 3. The predicted octanol–water partition coefficient (Wildman–Crippen LogP) is 7.62. The Labute approximate surface area is 227 Å². The van der Waals surface area contributed by atoms with Crippen LogP contribution in [-0.2, 0) is 11.8 Å². The highest BCUT2D eigenvalue weighted by atomic mass is 19.4. The summed E-state index contributed by atoms with van der Waals surface area (Å²) in [5, 5.41) is 14.1. The molecular weight excluding hydrogens is 503 g/mol. The van der Waals surface area contributed by atoms with Crippen LogP contribution >= 0.6 is 0 Å². The SMILES string of the molecule is OC1(c2cccc(-c3cnc(N[C@@H]4CCCC[C@H]4C[C@H]4CCCN(c5ccc(C(F)(F)F)cc5)C4)o3)c2)CC1. The van der Waals surface area contributed by atoms with Crippen molar-refractivity contribution >= 4 is 11.7 Å². The van der Waals surface area contributed by atoms with Gasteiger partial charge in [0.05, 0.1) is 17.4 Å². The highest BCUT2D eigenvalue weighted by molar-refractivity contribution is 5.59. The summed E-state index contributed by atoms with van der Waals surface area (Å²) in [4.78, 5) is 6.77. The number of alkyl halides is 3. The first-order valence-electron chi connectivity index (χ1n) is 14.2. The van der Waals surface area contributed by atoms with Crippen LogP contribution in [0, 0.1) is 11.8 Å². The van der Waals surface area contributed by atoms with Crippen molar-refractivity contribution in [3.8, 4) is 11.3 Å². The van der Waals surface area contributed by atoms with Crippen molar-refractivity contribution in [1.29, 1.82) is 0 Å². The fraction of sp³-hybridized carbons (Fsp3) is 0.516. The van der Waals surface area contributed by atoms with Gasteiger partial charge in [0, 0.05) is 30.4 Å². The summed E-state index contributed by atoms with van der Waals surface area (Å²) in [7, 11) is 0. The Balaban J connectivity index is 1.09. The molecule has 1 aromatic heterocycles. The molecule has 0 unspecified atom stereocenters. The van der Waals surface area contributed by atoms with E-state index in [1.807, 2.05) is 24.3 Å². The lowest BCUT2D eigenvalue weighted by Crippen LogP contribution is -2.39. The van der Waals surface area contributed by atoms with Crippen LogP contribution in [0.1, 0.15) is 68.9 Å². The van der Waals surface area contributed by atoms with E-state index in [4.69, 9.17) is 4.42 Å². The van der Waals surface area contributed by atoms with E-state index in [2.05, 4.69) is 15.2 Å². The lowest BCUT2D eigenvalue weighted by molar-refractivity contribution is -0.137. The van der Waals surface area contributed by atoms with Crippen LogP contribution in [0.2, 0.25) is 0 Å². The topological polar surface area (TPSA) is 61.5 Å². The van der Waals surface area contributed by atoms with Gasteiger partial charge in [0.2, 0.25) is 0 Å². The maximum atomic E-state index is 13.0. The second-order valence-electron chi connectivity index (χ2n) is 11.7. The summed E-state index contributed by atoms with van der Waals surface area (Å²) >= 11 is 0. The first-order chi connectivity index (χ1) is 18.8. The Morgan fingerprint density at radius 2 is 1.82 bits per heavy atom. The molecule has 5 nitrogen and oxygen atoms in total. The number of hydrogen-bond acceptors (Lipinski definition) is 5. The van der Waals surface area contributed by atoms with Crippen LogP contribution in [0.15, 0.2) is 59.1 Å². The third-order valence-corrected chi connectivity index (χ3v) is 8.85. The predicted molar refractivity (Wildman–Crippen MR) is 145 cm³/mol. The number of anilines is 2. The Morgan fingerprint density at radius 1 is 1.03 bits per heavy atom. The molecule has 0 bridgehead atoms. The van der Waals surface area contributed by atoms with Crippen LogP contribution < -0.4 is 10.2 Å². The Morgan fingerprint density at radius 3 is 2.59 bits per heavy atom. The van der Waals surface area contributed by atoms with E-state index in [-0.39, 0.29) is 6.04 Å². The molecule has 2 saturated carbocycles. The minimum atomic E-state index is -4.31. The van der Waals surface area contributed by atoms with Crippen LogP contribution in [0.5, 0.6) is 0 Å². The van der Waals surface area contributed by atoms with Crippen molar-refractivity contribution in [3.05, 3.63) is 65.9 Å². The molecule has 3 aromatic rings. The fourth-order valence-electron chi connectivity index (χ4n) is 6.46. The van der Waals surface area contributed by atoms with Gasteiger partial charge in [0.1, 0.15) is 0 Å². The van der Waals surface area contributed by atoms with Gasteiger partial charge in [-0.05, 0) is 92.7 Å². The normalized spacial score (nSPS) is 24.9. The first kappa shape index (κ1) is 26.2. The molecule has 8 heteroatoms. The number of hydrogen-bond donors (Lipinski definition) is 2. The summed E-state index contributed by atoms with van der Waals surface area (Å²) in [6.45, 7) is 1.76. The van der Waals surface area contributed by atoms with E-state index in [0.29, 0.717) is 23.6 Å². The summed E-state index contributed by atoms with van der Waals surface area (Å²) in [5.41, 5.74) is 1.43. The smallest absolute Gasteiger partial charge is 0.416 e. The molecule has 39 heavy (non-hydrogen) atoms. The minimum absolute atomic E-state index is 0.283. The molecule has 3 aliphatic rings. The van der Waals surface area contributed by atoms with Crippen molar-refractivity contribution in [1.82, 2.24) is 4.98 Å². The number of nitrogens with one attached hydrogen (secondary N) is 1. The van der Waals surface area contributed by atoms with Gasteiger partial charge in [-0.2, -0.15) is 13.2 Å². The maximum absolute atomic E-state index is 13.0. The van der Waals surface area contributed by atoms with Gasteiger partial charge in [-0.15, -0.1) is 0 Å². The molecule has 6 rings (SSSR count). The fourth-order valence-corrected chi connectivity index (χ4v) is 6.46. The largest absolute Gasteiger partial charge is 0.424 e. The lowest BCUT2D eigenvalue weighted by Gasteiger charge is -2.39. The second kappa shape index (κ2) is 10.5. The zero-order valence-corrected chi connectivity index (χ0v) is 22.1. The summed E-state index contributed by atoms with van der Waals surface area (Å²) < 4.78 is 45.1. The average Bonchev–Trinajstić information content (AvgIpc) is 3.52. The highest BCUT2D eigenvalue weighted by Gasteiger charge is 2.42. The lowest BCUT2D eigenvalue weighted by atomic mass is 9.77. The van der Waals surface area contributed by atoms with E-state index >= 15 is 0 Å². The van der Waals surface area contributed by atoms with Crippen molar-refractivity contribution in [2.75, 3.05) is 23.3 Å². The van der Waals surface area contributed by atoms with Gasteiger partial charge in [-0.3, -0.25) is 0 Å². The molecule has 1 saturated heterocycles. The molecule has 0 spiro atoms. The van der Waals surface area contributed by atoms with Crippen molar-refractivity contribution < 1.29 is 22.7 Å². The molecule has 1 aliphatic heterocycles. The molecular formula is C31H36F3N3O2. The number of rotatable bonds is 7. The Bertz CT molecular complexity index is 1270. The van der Waals surface area contributed by atoms with Crippen LogP contribution in [0.3, 0.4) is 0 Å². The first-order valence-corrected chi connectivity index (χ1v) is 14.2. The van der Waals surface area contributed by atoms with Crippen LogP contribution in [0.25, 0.3) is 11.3 Å². The molecule has 2 heterocycles. The molecule has 2 aromatic carbocycles. The quantitative estimate of drug-likeness (QED) is 0.323. The van der Waals surface area contributed by atoms with Crippen LogP contribution in [-0.4, -0.2) is 29.2 Å². The monoisotopic (exact) mass is 539 g/mol. The van der Waals surface area contributed by atoms with Crippen molar-refractivity contribution in [2.24, 2.45) is 11.8 Å². The Kier molecular flexibility index (Phi) is 7.08. The minimum Gasteiger partial charge on any atom is -0.424 e. The van der Waals surface area contributed by atoms with E-state index in [1.165, 1.54) is 25.0 Å². The molecule has 2 aliphatic carbocycles. The molecule has 3 fully saturated rings. The zero-order chi connectivity index (χ0) is 27.0. The molecule has 0 amide bonds. The third-order valence-electron chi connectivity index (χ3n) is 8.85. The van der Waals surface area contributed by atoms with Gasteiger partial charge in [-0.1, -0.05) is 31.0 Å². The molecule has 0 radical (unpaired) electrons. The van der Waals surface area contributed by atoms with Crippen LogP contribution in [0.4, 0.5) is 24.9 Å². The van der Waals surface area contributed by atoms with Gasteiger partial charge in [0.15, 0.2) is 5.76 Å². The van der Waals surface area contributed by atoms with E-state index in [9.17, 15) is 18.3 Å². The van der Waals surface area contributed by atoms with E-state index in [0.717, 1.165) is 74.8 Å². The van der Waals surface area contributed by atoms with Crippen molar-refractivity contribution in [2.45, 2.75) is 75.6 Å². The van der Waals surface area contributed by atoms with Gasteiger partial charge in [0.25, 0.3) is 6.01 Å². The summed E-state index contributed by atoms with van der Waals surface area (Å²) in [6, 6.07) is 14.3. The van der Waals surface area contributed by atoms with E-state index in [1.54, 1.807) is 18.3 Å². The number of aromatic nitrogens is 1. The molecule has 3 atom stereocenters. The number of nitrogens with zero attached hydrogens (tertiary/aromatic N) is 2. The van der Waals surface area contributed by atoms with Gasteiger partial charge in [-0.25, -0.2) is 4.98 Å². The van der Waals surface area contributed by atoms with Gasteiger partial charge >= 0.3 is 6.18 Å². The zero-order valence-electron chi connectivity index (χ0n) is 22.1. The molecule has 208 valence electrons. The number of piperidine rings is 1. The summed E-state index contributed by atoms with van der Waals surface area (Å²) in [6.07, 6.45) is 6.93. The third kappa shape index (κ3) is 5.96. The second-order valence-corrected chi connectivity index (χ2v) is 11.7. The molecule has 2 N–H and O–H groups in total. The number of aliphatic hydroxyl groups is 1. The average molecular weight is 540 g/mol. The van der Waals surface area contributed by atoms with Crippen molar-refractivity contribution in [3.63, 3.8) is 0 Å². The number of benzene rings is 2. The highest BCUT2D eigenvalue weighted by Crippen LogP contribution is 2.46. The maximum Gasteiger partial charge on any atom is 0.416 e. The standard InChI is InChI=1S/C31H36F3N3O2/c32-31(33,34)24-10-12-26(13-11-24)37-16-4-5-21(20-37)17-22-6-1-2-9-27(22)36-29-35-19-28(39-29)23-7-3-8-25(18-23)30(38)14-15-30/h3,7-8,10-13,18-19,21-22,27,38H,1-2,4-6,9,14-17,20H2,(H,35,36)/t21-,22+,27-/m1/s1.